The summed E-state index contributed by atoms with van der Waals surface area (Å²) in [5, 5.41) is 20.7. The first-order valence-electron chi connectivity index (χ1n) is 40.4. The summed E-state index contributed by atoms with van der Waals surface area (Å²) >= 11 is 0. The zero-order valence-corrected chi connectivity index (χ0v) is 67.1. The van der Waals surface area contributed by atoms with Crippen LogP contribution in [0.5, 0.6) is 0 Å². The van der Waals surface area contributed by atoms with Gasteiger partial charge in [-0.2, -0.15) is 0 Å². The maximum Gasteiger partial charge on any atom is 0.472 e. The molecule has 0 saturated carbocycles. The zero-order chi connectivity index (χ0) is 76.6. The molecule has 0 radical (unpaired) electrons. The fourth-order valence-corrected chi connectivity index (χ4v) is 11.9. The Morgan fingerprint density at radius 2 is 0.505 bits per heavy atom. The van der Waals surface area contributed by atoms with Crippen molar-refractivity contribution in [2.75, 3.05) is 39.6 Å². The molecule has 598 valence electrons. The molecule has 0 aliphatic heterocycles. The van der Waals surface area contributed by atoms with Crippen molar-refractivity contribution < 1.29 is 75.8 Å². The summed E-state index contributed by atoms with van der Waals surface area (Å²) in [6.07, 6.45) is 99.6. The fraction of sp³-hybridized carbons (Fsp3) is 0.644. The number of phosphoric ester groups is 2. The van der Waals surface area contributed by atoms with Crippen LogP contribution in [0.15, 0.2) is 170 Å². The highest BCUT2D eigenvalue weighted by atomic mass is 31.2. The number of unbranched alkanes of at least 4 members (excludes halogenated alkanes) is 24. The maximum atomic E-state index is 13.0. The Labute approximate surface area is 637 Å². The second-order valence-electron chi connectivity index (χ2n) is 26.5. The molecule has 0 bridgehead atoms. The summed E-state index contributed by atoms with van der Waals surface area (Å²) < 4.78 is 61.2. The Hall–Kier alpha value is -5.09. The number of aliphatic hydroxyl groups is 2. The van der Waals surface area contributed by atoms with Gasteiger partial charge in [-0.25, -0.2) is 9.13 Å². The standard InChI is InChI=1S/C87H144O16P2/c1-4-7-10-13-16-19-22-25-28-31-33-35-37-39-40-42-44-45-47-50-52-55-58-61-64-67-70-73-85(90)97-76-82(88)77-99-104(93,94)100-78-83(89)79-101-105(95,96)102-81-84(103-87(92)75-72-69-66-63-60-57-54-49-30-27-24-21-18-15-12-9-6-3)80-98-86(91)74-71-68-65-62-59-56-53-51-48-46-43-41-38-36-34-32-29-26-23-20-17-14-11-8-5-2/h8-9,11-12,16-21,25-30,33-36,39-41,43,48,51,54,57,82-84,88-89H,4-7,10,13-15,22-24,31-32,37-38,42,44-47,49-50,52-53,55-56,58-81H2,1-3H3,(H,93,94)(H,95,96)/b11-8-,12-9-,19-16-,20-17-,21-18-,28-25-,29-26-,30-27-,35-33-,36-34-,40-39-,43-41-,51-48-,57-54-. The van der Waals surface area contributed by atoms with Crippen LogP contribution < -0.4 is 0 Å². The van der Waals surface area contributed by atoms with E-state index in [0.717, 1.165) is 173 Å². The van der Waals surface area contributed by atoms with E-state index in [0.29, 0.717) is 19.3 Å². The first-order valence-corrected chi connectivity index (χ1v) is 43.4. The number of hydrogen-bond donors (Lipinski definition) is 4. The first kappa shape index (κ1) is 99.9. The van der Waals surface area contributed by atoms with E-state index in [1.807, 2.05) is 0 Å². The minimum absolute atomic E-state index is 0.0665. The lowest BCUT2D eigenvalue weighted by atomic mass is 10.0. The van der Waals surface area contributed by atoms with Crippen molar-refractivity contribution in [1.29, 1.82) is 0 Å². The van der Waals surface area contributed by atoms with Gasteiger partial charge in [0.05, 0.1) is 26.4 Å². The topological polar surface area (TPSA) is 231 Å². The lowest BCUT2D eigenvalue weighted by molar-refractivity contribution is -0.161. The van der Waals surface area contributed by atoms with Crippen molar-refractivity contribution in [3.63, 3.8) is 0 Å². The second kappa shape index (κ2) is 78.5. The van der Waals surface area contributed by atoms with Crippen molar-refractivity contribution in [3.05, 3.63) is 170 Å². The molecule has 0 aromatic rings. The van der Waals surface area contributed by atoms with Crippen LogP contribution in [0, 0.1) is 0 Å². The average Bonchev–Trinajstić information content (AvgIpc) is 0.919. The van der Waals surface area contributed by atoms with Gasteiger partial charge in [-0.15, -0.1) is 0 Å². The van der Waals surface area contributed by atoms with Crippen LogP contribution in [0.1, 0.15) is 303 Å². The van der Waals surface area contributed by atoms with Crippen LogP contribution in [0.25, 0.3) is 0 Å². The molecule has 0 aromatic heterocycles. The lowest BCUT2D eigenvalue weighted by Crippen LogP contribution is -2.30. The van der Waals surface area contributed by atoms with E-state index >= 15 is 0 Å². The van der Waals surface area contributed by atoms with Crippen molar-refractivity contribution in [2.45, 2.75) is 322 Å². The summed E-state index contributed by atoms with van der Waals surface area (Å²) in [6.45, 7) is 2.37. The number of ether oxygens (including phenoxy) is 3. The van der Waals surface area contributed by atoms with Crippen molar-refractivity contribution in [2.24, 2.45) is 0 Å². The number of rotatable bonds is 75. The molecular formula is C87H144O16P2. The minimum atomic E-state index is -4.95. The van der Waals surface area contributed by atoms with Gasteiger partial charge in [0, 0.05) is 19.3 Å². The van der Waals surface area contributed by atoms with Gasteiger partial charge < -0.3 is 34.2 Å². The number of esters is 3. The molecule has 4 N–H and O–H groups in total. The van der Waals surface area contributed by atoms with Crippen molar-refractivity contribution >= 4 is 33.6 Å². The summed E-state index contributed by atoms with van der Waals surface area (Å²) in [7, 11) is -9.82. The molecule has 0 aliphatic rings. The van der Waals surface area contributed by atoms with Gasteiger partial charge in [0.25, 0.3) is 0 Å². The lowest BCUT2D eigenvalue weighted by Gasteiger charge is -2.21. The van der Waals surface area contributed by atoms with E-state index in [4.69, 9.17) is 32.3 Å². The Morgan fingerprint density at radius 3 is 0.800 bits per heavy atom. The highest BCUT2D eigenvalue weighted by molar-refractivity contribution is 7.47. The first-order chi connectivity index (χ1) is 51.2. The van der Waals surface area contributed by atoms with Gasteiger partial charge in [-0.1, -0.05) is 300 Å². The molecule has 0 heterocycles. The van der Waals surface area contributed by atoms with Gasteiger partial charge in [-0.05, 0) is 154 Å². The van der Waals surface area contributed by atoms with Crippen molar-refractivity contribution in [3.8, 4) is 0 Å². The molecule has 5 atom stereocenters. The van der Waals surface area contributed by atoms with Crippen LogP contribution >= 0.6 is 15.6 Å². The summed E-state index contributed by atoms with van der Waals surface area (Å²) in [4.78, 5) is 58.7. The minimum Gasteiger partial charge on any atom is -0.463 e. The summed E-state index contributed by atoms with van der Waals surface area (Å²) in [6, 6.07) is 0. The van der Waals surface area contributed by atoms with Crippen LogP contribution in [0.4, 0.5) is 0 Å². The summed E-state index contributed by atoms with van der Waals surface area (Å²) in [5.41, 5.74) is 0. The van der Waals surface area contributed by atoms with Crippen molar-refractivity contribution in [1.82, 2.24) is 0 Å². The largest absolute Gasteiger partial charge is 0.472 e. The molecule has 0 spiro atoms. The predicted molar refractivity (Wildman–Crippen MR) is 435 cm³/mol. The van der Waals surface area contributed by atoms with Gasteiger partial charge in [0.1, 0.15) is 25.4 Å². The van der Waals surface area contributed by atoms with Crippen LogP contribution in [0.2, 0.25) is 0 Å². The van der Waals surface area contributed by atoms with E-state index in [-0.39, 0.29) is 19.3 Å². The molecule has 0 fully saturated rings. The van der Waals surface area contributed by atoms with Gasteiger partial charge in [0.15, 0.2) is 6.10 Å². The molecule has 0 amide bonds. The molecule has 16 nitrogen and oxygen atoms in total. The average molecular weight is 1510 g/mol. The number of allylic oxidation sites excluding steroid dienone is 28. The SMILES string of the molecule is CC/C=C\C/C=C\C/C=C\C/C=C\C/C=C\C/C=C\CCCCCCCCC(=O)OCC(COP(=O)(O)OCC(O)COP(=O)(O)OCC(O)COC(=O)CCCCCCCCCCCCC/C=C\C/C=C\C/C=C\C/C=C\CCCCC)OC(=O)CCCCCC/C=C\C/C=C\C/C=C\C/C=C\CC. The highest BCUT2D eigenvalue weighted by Gasteiger charge is 2.29. The number of carbonyl (C=O) groups excluding carboxylic acids is 3. The molecule has 0 aliphatic carbocycles. The molecule has 0 rings (SSSR count). The Balaban J connectivity index is 4.65. The van der Waals surface area contributed by atoms with Gasteiger partial charge >= 0.3 is 33.6 Å². The normalized spacial score (nSPS) is 14.8. The monoisotopic (exact) mass is 1510 g/mol. The van der Waals surface area contributed by atoms with E-state index in [9.17, 15) is 43.5 Å². The number of carbonyl (C=O) groups is 3. The molecule has 5 unspecified atom stereocenters. The molecule has 0 aromatic carbocycles. The zero-order valence-electron chi connectivity index (χ0n) is 65.3. The molecule has 18 heteroatoms. The third kappa shape index (κ3) is 79.8. The Morgan fingerprint density at radius 1 is 0.276 bits per heavy atom. The van der Waals surface area contributed by atoms with E-state index in [1.165, 1.54) is 70.6 Å². The predicted octanol–water partition coefficient (Wildman–Crippen LogP) is 24.0. The smallest absolute Gasteiger partial charge is 0.463 e. The third-order valence-corrected chi connectivity index (χ3v) is 18.3. The number of aliphatic hydroxyl groups excluding tert-OH is 2. The van der Waals surface area contributed by atoms with Crippen LogP contribution in [-0.4, -0.2) is 95.9 Å². The number of hydrogen-bond acceptors (Lipinski definition) is 14. The quantitative estimate of drug-likeness (QED) is 0.0146. The van der Waals surface area contributed by atoms with E-state index < -0.39 is 91.5 Å². The second-order valence-corrected chi connectivity index (χ2v) is 29.4. The van der Waals surface area contributed by atoms with E-state index in [2.05, 4.69) is 191 Å². The molecule has 105 heavy (non-hydrogen) atoms. The molecular weight excluding hydrogens is 1360 g/mol. The van der Waals surface area contributed by atoms with Gasteiger partial charge in [-0.3, -0.25) is 32.5 Å². The Kier molecular flexibility index (Phi) is 74.7. The molecule has 0 saturated heterocycles. The fourth-order valence-electron chi connectivity index (χ4n) is 10.3. The maximum absolute atomic E-state index is 13.0. The van der Waals surface area contributed by atoms with Crippen LogP contribution in [-0.2, 0) is 55.8 Å². The summed E-state index contributed by atoms with van der Waals surface area (Å²) in [5.74, 6) is -1.63. The van der Waals surface area contributed by atoms with Crippen LogP contribution in [0.3, 0.4) is 0 Å². The highest BCUT2D eigenvalue weighted by Crippen LogP contribution is 2.45. The van der Waals surface area contributed by atoms with Gasteiger partial charge in [0.2, 0.25) is 0 Å². The number of phosphoric acid groups is 2. The third-order valence-electron chi connectivity index (χ3n) is 16.4. The van der Waals surface area contributed by atoms with E-state index in [1.54, 1.807) is 0 Å². The Bertz CT molecular complexity index is 2590.